The summed E-state index contributed by atoms with van der Waals surface area (Å²) in [5.74, 6) is -1.29. The number of carboxylic acids is 3. The van der Waals surface area contributed by atoms with Crippen molar-refractivity contribution in [3.05, 3.63) is 178 Å². The van der Waals surface area contributed by atoms with Crippen molar-refractivity contribution in [3.8, 4) is 40.2 Å². The molecule has 0 amide bonds. The summed E-state index contributed by atoms with van der Waals surface area (Å²) < 4.78 is 71.1. The number of carboxylic acid groups (broad SMARTS) is 3. The number of methoxy groups -OCH3 is 2. The van der Waals surface area contributed by atoms with Gasteiger partial charge in [-0.2, -0.15) is 0 Å². The molecule has 1 saturated heterocycles. The quantitative estimate of drug-likeness (QED) is 0.0290. The fourth-order valence-electron chi connectivity index (χ4n) is 12.3. The smallest absolute Gasteiger partial charge is 0.347 e. The van der Waals surface area contributed by atoms with E-state index < -0.39 is 45.8 Å². The number of para-hydroxylation sites is 1. The topological polar surface area (TPSA) is 277 Å². The van der Waals surface area contributed by atoms with Gasteiger partial charge >= 0.3 is 23.9 Å². The second kappa shape index (κ2) is 31.5. The highest BCUT2D eigenvalue weighted by molar-refractivity contribution is 8.00. The Balaban J connectivity index is 0.000000161. The lowest BCUT2D eigenvalue weighted by Crippen LogP contribution is -2.40. The third-order valence-electron chi connectivity index (χ3n) is 16.9. The Bertz CT molecular complexity index is 4360. The Labute approximate surface area is 564 Å². The summed E-state index contributed by atoms with van der Waals surface area (Å²) >= 11 is 2.54. The lowest BCUT2D eigenvalue weighted by molar-refractivity contribution is -0.144. The summed E-state index contributed by atoms with van der Waals surface area (Å²) in [7, 11) is -0.329. The highest BCUT2D eigenvalue weighted by atomic mass is 32.2. The zero-order valence-corrected chi connectivity index (χ0v) is 56.5. The van der Waals surface area contributed by atoms with E-state index in [4.69, 9.17) is 33.2 Å². The molecule has 25 heteroatoms. The third-order valence-corrected chi connectivity index (χ3v) is 21.4. The summed E-state index contributed by atoms with van der Waals surface area (Å²) in [6.45, 7) is 11.1. The van der Waals surface area contributed by atoms with E-state index in [0.29, 0.717) is 89.9 Å². The number of ether oxygens (including phenoxy) is 7. The zero-order chi connectivity index (χ0) is 68.2. The van der Waals surface area contributed by atoms with E-state index in [0.717, 1.165) is 61.6 Å². The van der Waals surface area contributed by atoms with E-state index in [1.165, 1.54) is 23.1 Å². The van der Waals surface area contributed by atoms with Gasteiger partial charge in [-0.3, -0.25) is 14.5 Å². The maximum atomic E-state index is 13.2. The molecule has 3 aliphatic rings. The van der Waals surface area contributed by atoms with E-state index in [2.05, 4.69) is 9.88 Å². The second-order valence-corrected chi connectivity index (χ2v) is 27.2. The molecule has 0 saturated carbocycles. The van der Waals surface area contributed by atoms with Gasteiger partial charge in [0, 0.05) is 95.7 Å². The maximum Gasteiger partial charge on any atom is 0.347 e. The minimum absolute atomic E-state index is 0.123. The predicted octanol–water partition coefficient (Wildman–Crippen LogP) is 13.0. The Morgan fingerprint density at radius 2 is 1.48 bits per heavy atom. The number of phenolic OH excluding ortho intramolecular Hbond substituents is 1. The van der Waals surface area contributed by atoms with Gasteiger partial charge in [0.05, 0.1) is 49.3 Å². The van der Waals surface area contributed by atoms with Crippen molar-refractivity contribution in [1.29, 1.82) is 0 Å². The number of aromatic carboxylic acids is 2. The van der Waals surface area contributed by atoms with E-state index in [1.807, 2.05) is 103 Å². The number of nitrogens with zero attached hydrogens (tertiary/aromatic N) is 5. The largest absolute Gasteiger partial charge is 0.507 e. The van der Waals surface area contributed by atoms with Crippen molar-refractivity contribution in [3.63, 3.8) is 0 Å². The predicted molar refractivity (Wildman–Crippen MR) is 363 cm³/mol. The third kappa shape index (κ3) is 15.7. The number of aromatic nitrogens is 3. The van der Waals surface area contributed by atoms with Crippen LogP contribution >= 0.6 is 23.1 Å². The number of phenols is 1. The van der Waals surface area contributed by atoms with E-state index in [9.17, 15) is 48.0 Å². The van der Waals surface area contributed by atoms with Gasteiger partial charge in [0.15, 0.2) is 34.5 Å². The molecule has 3 aromatic heterocycles. The minimum Gasteiger partial charge on any atom is -0.507 e. The van der Waals surface area contributed by atoms with E-state index in [1.54, 1.807) is 92.6 Å². The van der Waals surface area contributed by atoms with E-state index >= 15 is 0 Å². The van der Waals surface area contributed by atoms with Gasteiger partial charge in [0.2, 0.25) is 23.6 Å². The first-order valence-electron chi connectivity index (χ1n) is 31.6. The maximum absolute atomic E-state index is 13.2. The van der Waals surface area contributed by atoms with Crippen LogP contribution in [0.25, 0.3) is 21.0 Å². The average molecular weight is 1370 g/mol. The molecule has 0 spiro atoms. The molecule has 0 radical (unpaired) electrons. The zero-order valence-electron chi connectivity index (χ0n) is 54.0. The first-order valence-corrected chi connectivity index (χ1v) is 34.8. The Morgan fingerprint density at radius 3 is 2.15 bits per heavy atom. The van der Waals surface area contributed by atoms with Crippen molar-refractivity contribution in [1.82, 2.24) is 23.3 Å². The molecule has 6 heterocycles. The van der Waals surface area contributed by atoms with Crippen LogP contribution < -0.4 is 28.4 Å². The average Bonchev–Trinajstić information content (AvgIpc) is 1.62. The Hall–Kier alpha value is -9.27. The fourth-order valence-corrected chi connectivity index (χ4v) is 16.3. The lowest BCUT2D eigenvalue weighted by Gasteiger charge is -2.30. The number of fused-ring (bicyclic) bond motifs is 4. The summed E-state index contributed by atoms with van der Waals surface area (Å²) in [5.41, 5.74) is 5.14. The van der Waals surface area contributed by atoms with Crippen molar-refractivity contribution in [2.45, 2.75) is 94.1 Å². The number of unbranched alkanes of at least 4 members (excludes halogenated alkanes) is 2. The first kappa shape index (κ1) is 69.6. The molecular formula is C71H77N5O17S3. The fraction of sp³-hybridized carbons (Fsp3) is 0.338. The summed E-state index contributed by atoms with van der Waals surface area (Å²) in [5, 5.41) is 41.3. The van der Waals surface area contributed by atoms with Gasteiger partial charge < -0.3 is 62.7 Å². The van der Waals surface area contributed by atoms with Gasteiger partial charge in [-0.15, -0.1) is 11.3 Å². The van der Waals surface area contributed by atoms with Crippen molar-refractivity contribution >= 4 is 78.0 Å². The Morgan fingerprint density at radius 1 is 0.760 bits per heavy atom. The monoisotopic (exact) mass is 1370 g/mol. The molecule has 4 N–H and O–H groups in total. The van der Waals surface area contributed by atoms with Crippen molar-refractivity contribution in [2.24, 2.45) is 5.92 Å². The number of aromatic hydroxyl groups is 1. The molecule has 96 heavy (non-hydrogen) atoms. The lowest BCUT2D eigenvalue weighted by atomic mass is 9.82. The van der Waals surface area contributed by atoms with Crippen LogP contribution in [0.5, 0.6) is 40.2 Å². The van der Waals surface area contributed by atoms with Crippen LogP contribution in [-0.4, -0.2) is 142 Å². The molecular weight excluding hydrogens is 1290 g/mol. The van der Waals surface area contributed by atoms with Gasteiger partial charge in [0.1, 0.15) is 16.5 Å². The SMILES string of the molecule is CCCCCS(=O)(=O)N(CCC)CCN1C[C@H](c2ccc3c(c2)OCO3)[C@@H](C(=O)O)[C@@H]1c1ccc(OC)c(OC)c1.CCOC(=O)C(c1ccc2c(c1)OCO2)c1cn(CC)c2cc(C(=O)O)ccc12.O=C(O)c1sc2cc(Cn3ccnc3)ccc2c1Sc1ccccc1O. The van der Waals surface area contributed by atoms with Gasteiger partial charge in [-0.25, -0.2) is 27.3 Å². The van der Waals surface area contributed by atoms with Crippen LogP contribution in [0.3, 0.4) is 0 Å². The van der Waals surface area contributed by atoms with Gasteiger partial charge in [-0.1, -0.05) is 87.0 Å². The standard InChI is InChI=1S/C30H42N2O8S.C22H21NO6.C19H14N2O3S2/c1-5-7-8-16-41(35,36)32(13-6-2)15-14-31-19-23(21-9-12-25-27(17-21)40-20-39-25)28(30(33)34)29(31)22-10-11-24(37-3)26(18-22)38-4;1-3-23-11-16(15-7-5-14(21(24)25)9-17(15)23)20(22(26)27-4-2)13-6-8-18-19(10-13)29-12-28-18;22-14-3-1-2-4-15(14)25-17-13-6-5-12(10-21-8-7-20-11-21)9-16(13)26-18(17)19(23)24/h9-12,17-18,23,28-29H,5-8,13-16,19-20H2,1-4H3,(H,33,34);5-11,20H,3-4,12H2,1-2H3,(H,24,25);1-9,11,22H,10H2,(H,23,24)/t23-,28-,29+;;/m1../s1. The molecule has 9 aromatic rings. The van der Waals surface area contributed by atoms with E-state index in [-0.39, 0.29) is 60.6 Å². The number of carbonyl (C=O) groups is 4. The number of carbonyl (C=O) groups excluding carboxylic acids is 1. The molecule has 22 nitrogen and oxygen atoms in total. The number of aliphatic carboxylic acids is 1. The number of sulfonamides is 1. The number of likely N-dealkylation sites (tertiary alicyclic amines) is 1. The van der Waals surface area contributed by atoms with Gasteiger partial charge in [-0.05, 0) is 121 Å². The molecule has 6 aromatic carbocycles. The number of aryl methyl sites for hydroxylation is 1. The molecule has 0 bridgehead atoms. The number of thiophene rings is 1. The number of rotatable bonds is 26. The van der Waals surface area contributed by atoms with Crippen LogP contribution in [-0.2, 0) is 37.4 Å². The minimum atomic E-state index is -3.43. The Kier molecular flexibility index (Phi) is 22.8. The second-order valence-electron chi connectivity index (χ2n) is 23.0. The number of hydrogen-bond acceptors (Lipinski definition) is 18. The molecule has 0 aliphatic carbocycles. The molecule has 1 fully saturated rings. The number of imidazole rings is 1. The summed E-state index contributed by atoms with van der Waals surface area (Å²) in [6, 6.07) is 33.8. The first-order chi connectivity index (χ1) is 46.4. The molecule has 1 unspecified atom stereocenters. The molecule has 3 aliphatic heterocycles. The van der Waals surface area contributed by atoms with Crippen LogP contribution in [0.1, 0.15) is 119 Å². The molecule has 4 atom stereocenters. The highest BCUT2D eigenvalue weighted by Gasteiger charge is 2.48. The van der Waals surface area contributed by atoms with Crippen LogP contribution in [0.2, 0.25) is 0 Å². The highest BCUT2D eigenvalue weighted by Crippen LogP contribution is 2.50. The van der Waals surface area contributed by atoms with Crippen LogP contribution in [0.4, 0.5) is 0 Å². The number of benzene rings is 6. The summed E-state index contributed by atoms with van der Waals surface area (Å²) in [4.78, 5) is 56.7. The normalized spacial score (nSPS) is 15.8. The number of hydrogen-bond donors (Lipinski definition) is 4. The van der Waals surface area contributed by atoms with Gasteiger partial charge in [0.25, 0.3) is 0 Å². The molecule has 506 valence electrons. The van der Waals surface area contributed by atoms with Crippen molar-refractivity contribution in [2.75, 3.05) is 66.3 Å². The summed E-state index contributed by atoms with van der Waals surface area (Å²) in [6.07, 6.45) is 10.4. The molecule has 12 rings (SSSR count). The van der Waals surface area contributed by atoms with Crippen LogP contribution in [0, 0.1) is 5.92 Å². The van der Waals surface area contributed by atoms with Crippen molar-refractivity contribution < 1.29 is 81.2 Å². The number of esters is 1. The van der Waals surface area contributed by atoms with Crippen LogP contribution in [0.15, 0.2) is 150 Å².